The Hall–Kier alpha value is -1.56. The molecule has 0 radical (unpaired) electrons. The number of anilines is 1. The van der Waals surface area contributed by atoms with Crippen molar-refractivity contribution >= 4 is 21.6 Å². The van der Waals surface area contributed by atoms with Crippen molar-refractivity contribution in [3.05, 3.63) is 29.8 Å². The monoisotopic (exact) mass is 350 g/mol. The van der Waals surface area contributed by atoms with E-state index >= 15 is 0 Å². The lowest BCUT2D eigenvalue weighted by molar-refractivity contribution is 0.0629. The predicted octanol–water partition coefficient (Wildman–Crippen LogP) is 2.88. The van der Waals surface area contributed by atoms with Crippen LogP contribution in [-0.4, -0.2) is 44.6 Å². The molecular formula is C18H26N2O3S. The maximum Gasteiger partial charge on any atom is 0.253 e. The highest BCUT2D eigenvalue weighted by Gasteiger charge is 2.30. The molecule has 2 unspecified atom stereocenters. The van der Waals surface area contributed by atoms with Gasteiger partial charge in [0.25, 0.3) is 5.91 Å². The molecule has 24 heavy (non-hydrogen) atoms. The quantitative estimate of drug-likeness (QED) is 0.842. The van der Waals surface area contributed by atoms with Crippen molar-refractivity contribution < 1.29 is 13.2 Å². The van der Waals surface area contributed by atoms with Crippen molar-refractivity contribution in [2.45, 2.75) is 45.1 Å². The number of nitrogens with zero attached hydrogens (tertiary/aromatic N) is 2. The number of carbonyl (C=O) groups is 1. The van der Waals surface area contributed by atoms with Crippen LogP contribution in [0.2, 0.25) is 0 Å². The SMILES string of the molecule is CC1CCCCC1N(C)C(=O)c1ccc(N2CCCS2(=O)=O)cc1. The van der Waals surface area contributed by atoms with Crippen LogP contribution in [-0.2, 0) is 10.0 Å². The smallest absolute Gasteiger partial charge is 0.253 e. The number of amides is 1. The number of rotatable bonds is 3. The molecule has 1 amide bonds. The first kappa shape index (κ1) is 17.3. The van der Waals surface area contributed by atoms with Crippen LogP contribution in [0, 0.1) is 5.92 Å². The van der Waals surface area contributed by atoms with Gasteiger partial charge in [0.1, 0.15) is 0 Å². The van der Waals surface area contributed by atoms with Gasteiger partial charge in [-0.1, -0.05) is 19.8 Å². The first-order valence-electron chi connectivity index (χ1n) is 8.78. The van der Waals surface area contributed by atoms with Gasteiger partial charge < -0.3 is 4.90 Å². The maximum atomic E-state index is 12.7. The molecule has 1 aromatic carbocycles. The number of hydrogen-bond acceptors (Lipinski definition) is 3. The average molecular weight is 350 g/mol. The molecule has 132 valence electrons. The van der Waals surface area contributed by atoms with Gasteiger partial charge in [-0.2, -0.15) is 0 Å². The number of hydrogen-bond donors (Lipinski definition) is 0. The fourth-order valence-electron chi connectivity index (χ4n) is 3.93. The zero-order valence-corrected chi connectivity index (χ0v) is 15.3. The van der Waals surface area contributed by atoms with E-state index in [1.807, 2.05) is 11.9 Å². The Balaban J connectivity index is 1.74. The Morgan fingerprint density at radius 1 is 1.12 bits per heavy atom. The van der Waals surface area contributed by atoms with E-state index in [1.165, 1.54) is 23.6 Å². The summed E-state index contributed by atoms with van der Waals surface area (Å²) in [7, 11) is -1.29. The Kier molecular flexibility index (Phi) is 4.85. The summed E-state index contributed by atoms with van der Waals surface area (Å²) in [5.74, 6) is 0.752. The topological polar surface area (TPSA) is 57.7 Å². The lowest BCUT2D eigenvalue weighted by atomic mass is 9.85. The molecule has 3 rings (SSSR count). The fraction of sp³-hybridized carbons (Fsp3) is 0.611. The van der Waals surface area contributed by atoms with Crippen LogP contribution < -0.4 is 4.31 Å². The van der Waals surface area contributed by atoms with Crippen molar-refractivity contribution in [2.75, 3.05) is 23.7 Å². The van der Waals surface area contributed by atoms with E-state index < -0.39 is 10.0 Å². The summed E-state index contributed by atoms with van der Waals surface area (Å²) >= 11 is 0. The highest BCUT2D eigenvalue weighted by molar-refractivity contribution is 7.93. The normalized spacial score (nSPS) is 26.3. The molecule has 2 aliphatic rings. The van der Waals surface area contributed by atoms with E-state index in [2.05, 4.69) is 6.92 Å². The van der Waals surface area contributed by atoms with Crippen LogP contribution in [0.25, 0.3) is 0 Å². The predicted molar refractivity (Wildman–Crippen MR) is 95.7 cm³/mol. The molecule has 5 nitrogen and oxygen atoms in total. The second-order valence-electron chi connectivity index (χ2n) is 7.03. The van der Waals surface area contributed by atoms with Crippen LogP contribution in [0.4, 0.5) is 5.69 Å². The van der Waals surface area contributed by atoms with Crippen molar-refractivity contribution in [2.24, 2.45) is 5.92 Å². The Morgan fingerprint density at radius 2 is 1.79 bits per heavy atom. The van der Waals surface area contributed by atoms with E-state index in [0.29, 0.717) is 36.2 Å². The van der Waals surface area contributed by atoms with Crippen LogP contribution in [0.5, 0.6) is 0 Å². The molecule has 2 fully saturated rings. The molecule has 1 heterocycles. The van der Waals surface area contributed by atoms with Gasteiger partial charge in [-0.05, 0) is 49.4 Å². The molecule has 6 heteroatoms. The maximum absolute atomic E-state index is 12.7. The van der Waals surface area contributed by atoms with E-state index in [1.54, 1.807) is 24.3 Å². The van der Waals surface area contributed by atoms with Crippen LogP contribution in [0.15, 0.2) is 24.3 Å². The highest BCUT2D eigenvalue weighted by Crippen LogP contribution is 2.29. The number of sulfonamides is 1. The third-order valence-electron chi connectivity index (χ3n) is 5.39. The standard InChI is InChI=1S/C18H26N2O3S/c1-14-6-3-4-7-17(14)19(2)18(21)15-8-10-16(11-9-15)20-12-5-13-24(20,22)23/h8-11,14,17H,3-7,12-13H2,1-2H3. The molecule has 1 aromatic rings. The van der Waals surface area contributed by atoms with Gasteiger partial charge in [0.15, 0.2) is 0 Å². The van der Waals surface area contributed by atoms with Gasteiger partial charge in [-0.15, -0.1) is 0 Å². The van der Waals surface area contributed by atoms with Crippen molar-refractivity contribution in [3.63, 3.8) is 0 Å². The molecule has 1 saturated carbocycles. The Labute approximate surface area is 144 Å². The molecule has 1 saturated heterocycles. The lowest BCUT2D eigenvalue weighted by Crippen LogP contribution is -2.42. The minimum Gasteiger partial charge on any atom is -0.338 e. The zero-order chi connectivity index (χ0) is 17.3. The van der Waals surface area contributed by atoms with E-state index in [4.69, 9.17) is 0 Å². The van der Waals surface area contributed by atoms with Gasteiger partial charge in [-0.25, -0.2) is 8.42 Å². The van der Waals surface area contributed by atoms with Crippen molar-refractivity contribution in [1.29, 1.82) is 0 Å². The van der Waals surface area contributed by atoms with Crippen molar-refractivity contribution in [3.8, 4) is 0 Å². The molecule has 0 spiro atoms. The van der Waals surface area contributed by atoms with Crippen LogP contribution in [0.3, 0.4) is 0 Å². The third-order valence-corrected chi connectivity index (χ3v) is 7.26. The van der Waals surface area contributed by atoms with Crippen molar-refractivity contribution in [1.82, 2.24) is 4.90 Å². The lowest BCUT2D eigenvalue weighted by Gasteiger charge is -2.36. The van der Waals surface area contributed by atoms with Gasteiger partial charge in [0.2, 0.25) is 10.0 Å². The number of carbonyl (C=O) groups excluding carboxylic acids is 1. The summed E-state index contributed by atoms with van der Waals surface area (Å²) in [5.41, 5.74) is 1.27. The summed E-state index contributed by atoms with van der Waals surface area (Å²) in [6.07, 6.45) is 5.32. The van der Waals surface area contributed by atoms with Crippen LogP contribution >= 0.6 is 0 Å². The summed E-state index contributed by atoms with van der Waals surface area (Å²) in [6.45, 7) is 2.74. The molecule has 0 aromatic heterocycles. The second kappa shape index (κ2) is 6.75. The highest BCUT2D eigenvalue weighted by atomic mass is 32.2. The summed E-state index contributed by atoms with van der Waals surface area (Å²) in [5, 5.41) is 0. The second-order valence-corrected chi connectivity index (χ2v) is 9.05. The molecule has 0 bridgehead atoms. The molecule has 1 aliphatic carbocycles. The molecule has 2 atom stereocenters. The number of benzene rings is 1. The summed E-state index contributed by atoms with van der Waals surface area (Å²) in [6, 6.07) is 7.28. The van der Waals surface area contributed by atoms with Gasteiger partial charge >= 0.3 is 0 Å². The zero-order valence-electron chi connectivity index (χ0n) is 14.4. The summed E-state index contributed by atoms with van der Waals surface area (Å²) in [4.78, 5) is 14.6. The largest absolute Gasteiger partial charge is 0.338 e. The van der Waals surface area contributed by atoms with Gasteiger partial charge in [0, 0.05) is 25.2 Å². The first-order valence-corrected chi connectivity index (χ1v) is 10.4. The minimum absolute atomic E-state index is 0.0181. The molecule has 0 N–H and O–H groups in total. The molecular weight excluding hydrogens is 324 g/mol. The van der Waals surface area contributed by atoms with Gasteiger partial charge in [-0.3, -0.25) is 9.10 Å². The van der Waals surface area contributed by atoms with E-state index in [9.17, 15) is 13.2 Å². The Morgan fingerprint density at radius 3 is 2.38 bits per heavy atom. The Bertz CT molecular complexity index is 699. The third kappa shape index (κ3) is 3.29. The van der Waals surface area contributed by atoms with Gasteiger partial charge in [0.05, 0.1) is 11.4 Å². The minimum atomic E-state index is -3.18. The average Bonchev–Trinajstić information content (AvgIpc) is 2.93. The van der Waals surface area contributed by atoms with E-state index in [-0.39, 0.29) is 11.7 Å². The van der Waals surface area contributed by atoms with E-state index in [0.717, 1.165) is 6.42 Å². The van der Waals surface area contributed by atoms with Crippen LogP contribution in [0.1, 0.15) is 49.4 Å². The fourth-order valence-corrected chi connectivity index (χ4v) is 5.49. The molecule has 1 aliphatic heterocycles. The summed E-state index contributed by atoms with van der Waals surface area (Å²) < 4.78 is 25.4. The first-order chi connectivity index (χ1) is 11.4.